The number of hydrogen-bond acceptors (Lipinski definition) is 3. The molecule has 0 atom stereocenters. The molecule has 0 unspecified atom stereocenters. The minimum Gasteiger partial charge on any atom is -0.477 e. The summed E-state index contributed by atoms with van der Waals surface area (Å²) in [6.45, 7) is 3.29. The second-order valence-corrected chi connectivity index (χ2v) is 3.90. The lowest BCUT2D eigenvalue weighted by Crippen LogP contribution is -2.14. The second kappa shape index (κ2) is 7.20. The Labute approximate surface area is 104 Å². The molecule has 3 nitrogen and oxygen atoms in total. The Morgan fingerprint density at radius 2 is 2.11 bits per heavy atom. The Balaban J connectivity index is 2.31. The minimum atomic E-state index is -4.19. The van der Waals surface area contributed by atoms with Crippen molar-refractivity contribution in [3.63, 3.8) is 0 Å². The highest BCUT2D eigenvalue weighted by Gasteiger charge is 2.26. The number of alkyl halides is 3. The van der Waals surface area contributed by atoms with Crippen LogP contribution in [0.2, 0.25) is 0 Å². The van der Waals surface area contributed by atoms with E-state index < -0.39 is 19.2 Å². The molecule has 0 saturated carbocycles. The number of hydrogen-bond donors (Lipinski definition) is 1. The van der Waals surface area contributed by atoms with Gasteiger partial charge in [0, 0.05) is 18.8 Å². The fraction of sp³-hybridized carbons (Fsp3) is 0.583. The lowest BCUT2D eigenvalue weighted by Gasteiger charge is -2.08. The van der Waals surface area contributed by atoms with E-state index in [1.54, 1.807) is 18.3 Å². The Kier molecular flexibility index (Phi) is 5.91. The third kappa shape index (κ3) is 6.44. The molecule has 0 spiro atoms. The predicted octanol–water partition coefficient (Wildman–Crippen LogP) is 2.91. The highest BCUT2D eigenvalue weighted by atomic mass is 19.4. The van der Waals surface area contributed by atoms with Crippen LogP contribution in [-0.2, 0) is 6.54 Å². The molecule has 1 heterocycles. The van der Waals surface area contributed by atoms with Crippen LogP contribution in [0.25, 0.3) is 0 Å². The van der Waals surface area contributed by atoms with Crippen molar-refractivity contribution in [2.75, 3.05) is 13.2 Å². The zero-order valence-electron chi connectivity index (χ0n) is 10.3. The van der Waals surface area contributed by atoms with Gasteiger partial charge in [0.15, 0.2) is 0 Å². The number of nitrogens with zero attached hydrogens (tertiary/aromatic N) is 1. The van der Waals surface area contributed by atoms with E-state index in [-0.39, 0.29) is 5.88 Å². The first-order chi connectivity index (χ1) is 8.51. The second-order valence-electron chi connectivity index (χ2n) is 3.90. The Morgan fingerprint density at radius 1 is 1.33 bits per heavy atom. The van der Waals surface area contributed by atoms with Crippen molar-refractivity contribution in [2.45, 2.75) is 32.5 Å². The smallest absolute Gasteiger partial charge is 0.392 e. The Hall–Kier alpha value is -1.30. The summed E-state index contributed by atoms with van der Waals surface area (Å²) in [5.41, 5.74) is 0.978. The first kappa shape index (κ1) is 14.8. The van der Waals surface area contributed by atoms with Gasteiger partial charge in [-0.05, 0) is 18.5 Å². The number of ether oxygens (including phenoxy) is 1. The summed E-state index contributed by atoms with van der Waals surface area (Å²) in [6, 6.07) is 3.37. The van der Waals surface area contributed by atoms with Crippen LogP contribution >= 0.6 is 0 Å². The van der Waals surface area contributed by atoms with Crippen LogP contribution in [0.3, 0.4) is 0 Å². The molecule has 0 aliphatic carbocycles. The molecular formula is C12H17F3N2O. The summed E-state index contributed by atoms with van der Waals surface area (Å²) in [7, 11) is 0. The Bertz CT molecular complexity index is 338. The molecule has 0 radical (unpaired) electrons. The number of rotatable bonds is 7. The van der Waals surface area contributed by atoms with E-state index in [0.29, 0.717) is 6.54 Å². The molecule has 6 heteroatoms. The Morgan fingerprint density at radius 3 is 2.67 bits per heavy atom. The molecule has 0 fully saturated rings. The zero-order valence-corrected chi connectivity index (χ0v) is 10.3. The topological polar surface area (TPSA) is 34.1 Å². The molecule has 0 aromatic carbocycles. The summed E-state index contributed by atoms with van der Waals surface area (Å²) in [4.78, 5) is 3.95. The van der Waals surface area contributed by atoms with Gasteiger partial charge in [-0.1, -0.05) is 13.0 Å². The molecule has 0 bridgehead atoms. The van der Waals surface area contributed by atoms with Gasteiger partial charge in [0.05, 0.1) is 13.0 Å². The van der Waals surface area contributed by atoms with Gasteiger partial charge in [0.2, 0.25) is 5.88 Å². The summed E-state index contributed by atoms with van der Waals surface area (Å²) in [5, 5.41) is 3.20. The highest BCUT2D eigenvalue weighted by molar-refractivity contribution is 5.17. The van der Waals surface area contributed by atoms with E-state index >= 15 is 0 Å². The van der Waals surface area contributed by atoms with Crippen LogP contribution in [0.5, 0.6) is 5.88 Å². The average molecular weight is 262 g/mol. The van der Waals surface area contributed by atoms with E-state index in [0.717, 1.165) is 18.5 Å². The average Bonchev–Trinajstić information content (AvgIpc) is 2.30. The van der Waals surface area contributed by atoms with Gasteiger partial charge in [0.25, 0.3) is 0 Å². The quantitative estimate of drug-likeness (QED) is 0.767. The summed E-state index contributed by atoms with van der Waals surface area (Å²) in [5.74, 6) is 0.221. The normalized spacial score (nSPS) is 11.6. The van der Waals surface area contributed by atoms with Gasteiger partial charge >= 0.3 is 6.18 Å². The molecule has 18 heavy (non-hydrogen) atoms. The fourth-order valence-electron chi connectivity index (χ4n) is 1.28. The van der Waals surface area contributed by atoms with Gasteiger partial charge < -0.3 is 10.1 Å². The van der Waals surface area contributed by atoms with Crippen LogP contribution < -0.4 is 10.1 Å². The van der Waals surface area contributed by atoms with Crippen molar-refractivity contribution in [1.82, 2.24) is 10.3 Å². The lowest BCUT2D eigenvalue weighted by atomic mass is 10.3. The molecule has 0 amide bonds. The SMILES string of the molecule is CCCNCc1ccc(OCCC(F)(F)F)nc1. The first-order valence-electron chi connectivity index (χ1n) is 5.86. The number of nitrogens with one attached hydrogen (secondary N) is 1. The molecule has 0 aliphatic rings. The van der Waals surface area contributed by atoms with Crippen LogP contribution in [0.4, 0.5) is 13.2 Å². The van der Waals surface area contributed by atoms with E-state index in [1.165, 1.54) is 0 Å². The van der Waals surface area contributed by atoms with Gasteiger partial charge in [-0.2, -0.15) is 13.2 Å². The van der Waals surface area contributed by atoms with Crippen molar-refractivity contribution in [3.05, 3.63) is 23.9 Å². The molecule has 1 aromatic rings. The van der Waals surface area contributed by atoms with Crippen molar-refractivity contribution in [1.29, 1.82) is 0 Å². The molecule has 1 rings (SSSR count). The van der Waals surface area contributed by atoms with Crippen LogP contribution in [0, 0.1) is 0 Å². The van der Waals surface area contributed by atoms with E-state index in [4.69, 9.17) is 4.74 Å². The molecular weight excluding hydrogens is 245 g/mol. The van der Waals surface area contributed by atoms with E-state index in [9.17, 15) is 13.2 Å². The van der Waals surface area contributed by atoms with Crippen molar-refractivity contribution < 1.29 is 17.9 Å². The summed E-state index contributed by atoms with van der Waals surface area (Å²) >= 11 is 0. The maximum Gasteiger partial charge on any atom is 0.392 e. The van der Waals surface area contributed by atoms with Crippen LogP contribution in [0.15, 0.2) is 18.3 Å². The largest absolute Gasteiger partial charge is 0.477 e. The van der Waals surface area contributed by atoms with Crippen molar-refractivity contribution in [2.24, 2.45) is 0 Å². The zero-order chi connectivity index (χ0) is 13.4. The monoisotopic (exact) mass is 262 g/mol. The van der Waals surface area contributed by atoms with Gasteiger partial charge in [-0.3, -0.25) is 0 Å². The molecule has 102 valence electrons. The standard InChI is InChI=1S/C12H17F3N2O/c1-2-6-16-8-10-3-4-11(17-9-10)18-7-5-12(13,14)15/h3-4,9,16H,2,5-8H2,1H3. The molecule has 1 N–H and O–H groups in total. The minimum absolute atomic E-state index is 0.221. The molecule has 0 saturated heterocycles. The maximum absolute atomic E-state index is 11.9. The van der Waals surface area contributed by atoms with E-state index in [1.807, 2.05) is 0 Å². The third-order valence-corrected chi connectivity index (χ3v) is 2.19. The first-order valence-corrected chi connectivity index (χ1v) is 5.86. The van der Waals surface area contributed by atoms with Gasteiger partial charge in [-0.25, -0.2) is 4.98 Å². The van der Waals surface area contributed by atoms with Gasteiger partial charge in [0.1, 0.15) is 0 Å². The molecule has 1 aromatic heterocycles. The number of pyridine rings is 1. The van der Waals surface area contributed by atoms with Crippen molar-refractivity contribution in [3.8, 4) is 5.88 Å². The maximum atomic E-state index is 11.9. The van der Waals surface area contributed by atoms with Crippen molar-refractivity contribution >= 4 is 0 Å². The van der Waals surface area contributed by atoms with Crippen LogP contribution in [-0.4, -0.2) is 24.3 Å². The summed E-state index contributed by atoms with van der Waals surface area (Å²) in [6.07, 6.45) is -2.50. The van der Waals surface area contributed by atoms with Gasteiger partial charge in [-0.15, -0.1) is 0 Å². The number of aromatic nitrogens is 1. The number of halogens is 3. The third-order valence-electron chi connectivity index (χ3n) is 2.19. The molecule has 0 aliphatic heterocycles. The lowest BCUT2D eigenvalue weighted by molar-refractivity contribution is -0.139. The highest BCUT2D eigenvalue weighted by Crippen LogP contribution is 2.19. The summed E-state index contributed by atoms with van der Waals surface area (Å²) < 4.78 is 40.6. The van der Waals surface area contributed by atoms with E-state index in [2.05, 4.69) is 17.2 Å². The predicted molar refractivity (Wildman–Crippen MR) is 62.4 cm³/mol. The van der Waals surface area contributed by atoms with Crippen LogP contribution in [0.1, 0.15) is 25.3 Å². The fourth-order valence-corrected chi connectivity index (χ4v) is 1.28.